The van der Waals surface area contributed by atoms with Gasteiger partial charge in [-0.25, -0.2) is 14.6 Å². The summed E-state index contributed by atoms with van der Waals surface area (Å²) in [5.74, 6) is 1.32. The van der Waals surface area contributed by atoms with Crippen molar-refractivity contribution >= 4 is 40.2 Å². The van der Waals surface area contributed by atoms with Crippen LogP contribution in [0.3, 0.4) is 0 Å². The maximum Gasteiger partial charge on any atom is 0.270 e. The molecule has 1 aliphatic rings. The number of benzene rings is 1. The summed E-state index contributed by atoms with van der Waals surface area (Å²) in [7, 11) is 0. The van der Waals surface area contributed by atoms with E-state index in [-0.39, 0.29) is 17.2 Å². The van der Waals surface area contributed by atoms with Crippen molar-refractivity contribution < 1.29 is 14.5 Å². The van der Waals surface area contributed by atoms with Crippen molar-refractivity contribution in [2.45, 2.75) is 18.6 Å². The number of hydrogen-bond acceptors (Lipinski definition) is 9. The van der Waals surface area contributed by atoms with Gasteiger partial charge in [0.25, 0.3) is 11.6 Å². The van der Waals surface area contributed by atoms with Crippen molar-refractivity contribution in [1.29, 1.82) is 0 Å². The molecule has 0 radical (unpaired) electrons. The van der Waals surface area contributed by atoms with E-state index in [0.717, 1.165) is 30.0 Å². The molecule has 4 rings (SSSR count). The van der Waals surface area contributed by atoms with Crippen LogP contribution in [0.1, 0.15) is 17.3 Å². The number of ether oxygens (including phenoxy) is 1. The molecule has 3 heterocycles. The minimum atomic E-state index is -0.524. The lowest BCUT2D eigenvalue weighted by molar-refractivity contribution is -0.384. The van der Waals surface area contributed by atoms with Crippen LogP contribution in [0.15, 0.2) is 35.6 Å². The molecule has 32 heavy (non-hydrogen) atoms. The fourth-order valence-electron chi connectivity index (χ4n) is 3.43. The van der Waals surface area contributed by atoms with Crippen molar-refractivity contribution in [2.75, 3.05) is 43.5 Å². The molecule has 1 fully saturated rings. The average Bonchev–Trinajstić information content (AvgIpc) is 3.22. The molecular weight excluding hydrogens is 434 g/mol. The monoisotopic (exact) mass is 457 g/mol. The van der Waals surface area contributed by atoms with E-state index in [1.165, 1.54) is 18.2 Å². The molecule has 11 nitrogen and oxygen atoms in total. The second kappa shape index (κ2) is 9.92. The molecule has 0 unspecified atom stereocenters. The van der Waals surface area contributed by atoms with Gasteiger partial charge >= 0.3 is 0 Å². The number of rotatable bonds is 8. The number of nitro benzene ring substituents is 1. The molecule has 0 atom stereocenters. The molecule has 12 heteroatoms. The number of non-ortho nitro benzene ring substituents is 1. The molecule has 1 aliphatic heterocycles. The molecule has 168 valence electrons. The molecule has 1 aromatic carbocycles. The van der Waals surface area contributed by atoms with E-state index in [4.69, 9.17) is 9.72 Å². The third kappa shape index (κ3) is 4.81. The van der Waals surface area contributed by atoms with E-state index < -0.39 is 4.92 Å². The van der Waals surface area contributed by atoms with Gasteiger partial charge in [0.1, 0.15) is 5.82 Å². The standard InChI is InChI=1S/C20H23N7O4S/c1-2-32-20-23-17(25-8-10-31-11-9-25)16-13-22-26(18(16)24-20)7-6-21-19(28)14-4-3-5-15(12-14)27(29)30/h3-5,12-13H,2,6-11H2,1H3,(H,21,28). The van der Waals surface area contributed by atoms with Crippen LogP contribution in [0.4, 0.5) is 11.5 Å². The molecule has 0 aliphatic carbocycles. The minimum absolute atomic E-state index is 0.121. The van der Waals surface area contributed by atoms with Crippen LogP contribution in [-0.2, 0) is 11.3 Å². The van der Waals surface area contributed by atoms with Gasteiger partial charge in [0.15, 0.2) is 10.8 Å². The van der Waals surface area contributed by atoms with Crippen LogP contribution in [0, 0.1) is 10.1 Å². The predicted octanol–water partition coefficient (Wildman–Crippen LogP) is 2.11. The molecular formula is C20H23N7O4S. The lowest BCUT2D eigenvalue weighted by Gasteiger charge is -2.28. The number of nitrogens with one attached hydrogen (secondary N) is 1. The molecule has 0 saturated carbocycles. The zero-order chi connectivity index (χ0) is 22.5. The Labute approximate surface area is 188 Å². The molecule has 2 aromatic heterocycles. The van der Waals surface area contributed by atoms with E-state index in [1.54, 1.807) is 28.7 Å². The normalized spacial score (nSPS) is 14.0. The highest BCUT2D eigenvalue weighted by atomic mass is 32.2. The number of aromatic nitrogens is 4. The predicted molar refractivity (Wildman–Crippen MR) is 120 cm³/mol. The van der Waals surface area contributed by atoms with Crippen molar-refractivity contribution in [1.82, 2.24) is 25.1 Å². The first kappa shape index (κ1) is 22.0. The molecule has 1 N–H and O–H groups in total. The molecule has 0 bridgehead atoms. The summed E-state index contributed by atoms with van der Waals surface area (Å²) < 4.78 is 7.20. The zero-order valence-corrected chi connectivity index (χ0v) is 18.4. The van der Waals surface area contributed by atoms with Crippen LogP contribution in [0.5, 0.6) is 0 Å². The number of nitro groups is 1. The Kier molecular flexibility index (Phi) is 6.81. The Bertz CT molecular complexity index is 1130. The van der Waals surface area contributed by atoms with Crippen LogP contribution in [-0.4, -0.2) is 69.2 Å². The van der Waals surface area contributed by atoms with Gasteiger partial charge in [-0.05, 0) is 11.8 Å². The van der Waals surface area contributed by atoms with Crippen molar-refractivity contribution in [3.05, 3.63) is 46.1 Å². The van der Waals surface area contributed by atoms with Crippen molar-refractivity contribution in [2.24, 2.45) is 0 Å². The highest BCUT2D eigenvalue weighted by Gasteiger charge is 2.20. The summed E-state index contributed by atoms with van der Waals surface area (Å²) in [5, 5.41) is 19.7. The second-order valence-electron chi connectivity index (χ2n) is 7.03. The summed E-state index contributed by atoms with van der Waals surface area (Å²) >= 11 is 1.56. The second-order valence-corrected chi connectivity index (χ2v) is 8.26. The molecule has 3 aromatic rings. The van der Waals surface area contributed by atoms with Crippen LogP contribution < -0.4 is 10.2 Å². The Morgan fingerprint density at radius 2 is 2.12 bits per heavy atom. The number of carbonyl (C=O) groups excluding carboxylic acids is 1. The highest BCUT2D eigenvalue weighted by Crippen LogP contribution is 2.27. The smallest absolute Gasteiger partial charge is 0.270 e. The third-order valence-corrected chi connectivity index (χ3v) is 5.70. The zero-order valence-electron chi connectivity index (χ0n) is 17.6. The lowest BCUT2D eigenvalue weighted by atomic mass is 10.2. The third-order valence-electron chi connectivity index (χ3n) is 4.97. The summed E-state index contributed by atoms with van der Waals surface area (Å²) in [6.45, 7) is 5.57. The number of hydrogen-bond donors (Lipinski definition) is 1. The number of thioether (sulfide) groups is 1. The number of nitrogens with zero attached hydrogens (tertiary/aromatic N) is 6. The molecule has 0 spiro atoms. The van der Waals surface area contributed by atoms with Gasteiger partial charge in [-0.3, -0.25) is 14.9 Å². The first-order valence-electron chi connectivity index (χ1n) is 10.3. The summed E-state index contributed by atoms with van der Waals surface area (Å²) in [5.41, 5.74) is 0.828. The van der Waals surface area contributed by atoms with Gasteiger partial charge in [0.05, 0.1) is 36.3 Å². The largest absolute Gasteiger partial charge is 0.378 e. The Hall–Kier alpha value is -3.25. The first-order valence-corrected chi connectivity index (χ1v) is 11.3. The Balaban J connectivity index is 1.50. The van der Waals surface area contributed by atoms with Gasteiger partial charge in [-0.1, -0.05) is 24.8 Å². The van der Waals surface area contributed by atoms with Crippen molar-refractivity contribution in [3.63, 3.8) is 0 Å². The van der Waals surface area contributed by atoms with Crippen LogP contribution in [0.2, 0.25) is 0 Å². The number of amides is 1. The summed E-state index contributed by atoms with van der Waals surface area (Å²) in [6.07, 6.45) is 1.75. The van der Waals surface area contributed by atoms with Crippen LogP contribution in [0.25, 0.3) is 11.0 Å². The SMILES string of the molecule is CCSc1nc(N2CCOCC2)c2cnn(CCNC(=O)c3cccc([N+](=O)[O-])c3)c2n1. The quantitative estimate of drug-likeness (QED) is 0.234. The van der Waals surface area contributed by atoms with E-state index in [9.17, 15) is 14.9 Å². The number of fused-ring (bicyclic) bond motifs is 1. The van der Waals surface area contributed by atoms with E-state index in [0.29, 0.717) is 37.1 Å². The summed E-state index contributed by atoms with van der Waals surface area (Å²) in [4.78, 5) is 34.4. The topological polar surface area (TPSA) is 128 Å². The minimum Gasteiger partial charge on any atom is -0.378 e. The van der Waals surface area contributed by atoms with Gasteiger partial charge in [0, 0.05) is 37.3 Å². The Morgan fingerprint density at radius 3 is 2.88 bits per heavy atom. The maximum atomic E-state index is 12.4. The average molecular weight is 458 g/mol. The first-order chi connectivity index (χ1) is 15.6. The maximum absolute atomic E-state index is 12.4. The Morgan fingerprint density at radius 1 is 1.31 bits per heavy atom. The fourth-order valence-corrected chi connectivity index (χ4v) is 3.99. The van der Waals surface area contributed by atoms with E-state index in [2.05, 4.69) is 20.3 Å². The van der Waals surface area contributed by atoms with E-state index in [1.807, 2.05) is 6.92 Å². The van der Waals surface area contributed by atoms with E-state index >= 15 is 0 Å². The number of anilines is 1. The van der Waals surface area contributed by atoms with Crippen LogP contribution >= 0.6 is 11.8 Å². The van der Waals surface area contributed by atoms with Gasteiger partial charge in [-0.15, -0.1) is 0 Å². The number of morpholine rings is 1. The van der Waals surface area contributed by atoms with Gasteiger partial charge < -0.3 is 15.0 Å². The molecule has 1 amide bonds. The lowest BCUT2D eigenvalue weighted by Crippen LogP contribution is -2.37. The highest BCUT2D eigenvalue weighted by molar-refractivity contribution is 7.99. The van der Waals surface area contributed by atoms with Gasteiger partial charge in [0.2, 0.25) is 0 Å². The molecule has 1 saturated heterocycles. The summed E-state index contributed by atoms with van der Waals surface area (Å²) in [6, 6.07) is 5.64. The number of carbonyl (C=O) groups is 1. The van der Waals surface area contributed by atoms with Crippen molar-refractivity contribution in [3.8, 4) is 0 Å². The fraction of sp³-hybridized carbons (Fsp3) is 0.400. The van der Waals surface area contributed by atoms with Gasteiger partial charge in [-0.2, -0.15) is 5.10 Å².